The highest BCUT2D eigenvalue weighted by Crippen LogP contribution is 2.27. The van der Waals surface area contributed by atoms with Crippen LogP contribution in [0.4, 0.5) is 4.39 Å². The summed E-state index contributed by atoms with van der Waals surface area (Å²) in [5, 5.41) is 0. The van der Waals surface area contributed by atoms with Gasteiger partial charge in [0, 0.05) is 5.56 Å². The molecule has 3 nitrogen and oxygen atoms in total. The highest BCUT2D eigenvalue weighted by Gasteiger charge is 2.08. The van der Waals surface area contributed by atoms with Crippen LogP contribution in [0.25, 0.3) is 6.08 Å². The van der Waals surface area contributed by atoms with Crippen LogP contribution in [-0.2, 0) is 0 Å². The molecule has 4 heteroatoms. The first-order chi connectivity index (χ1) is 10.1. The molecular weight excluding hydrogens is 271 g/mol. The van der Waals surface area contributed by atoms with Crippen molar-refractivity contribution in [2.45, 2.75) is 0 Å². The molecule has 0 atom stereocenters. The molecule has 2 aromatic carbocycles. The van der Waals surface area contributed by atoms with Gasteiger partial charge in [0.25, 0.3) is 0 Å². The van der Waals surface area contributed by atoms with Gasteiger partial charge < -0.3 is 9.47 Å². The van der Waals surface area contributed by atoms with Gasteiger partial charge in [0.2, 0.25) is 0 Å². The second-order valence-electron chi connectivity index (χ2n) is 4.32. The van der Waals surface area contributed by atoms with Crippen molar-refractivity contribution in [3.8, 4) is 11.5 Å². The number of carbonyl (C=O) groups excluding carboxylic acids is 1. The summed E-state index contributed by atoms with van der Waals surface area (Å²) in [5.74, 6) is 0.515. The molecule has 21 heavy (non-hydrogen) atoms. The van der Waals surface area contributed by atoms with Gasteiger partial charge in [-0.15, -0.1) is 0 Å². The zero-order valence-electron chi connectivity index (χ0n) is 11.8. The largest absolute Gasteiger partial charge is 0.493 e. The van der Waals surface area contributed by atoms with Crippen LogP contribution < -0.4 is 9.47 Å². The number of methoxy groups -OCH3 is 2. The Kier molecular flexibility index (Phi) is 4.72. The van der Waals surface area contributed by atoms with Crippen molar-refractivity contribution in [3.63, 3.8) is 0 Å². The summed E-state index contributed by atoms with van der Waals surface area (Å²) in [6.45, 7) is 0. The zero-order chi connectivity index (χ0) is 15.2. The van der Waals surface area contributed by atoms with E-state index in [1.54, 1.807) is 36.4 Å². The Bertz CT molecular complexity index is 677. The molecule has 0 unspecified atom stereocenters. The average molecular weight is 286 g/mol. The second-order valence-corrected chi connectivity index (χ2v) is 4.32. The Labute approximate surface area is 122 Å². The highest BCUT2D eigenvalue weighted by molar-refractivity contribution is 6.07. The van der Waals surface area contributed by atoms with Gasteiger partial charge in [0.1, 0.15) is 5.82 Å². The third kappa shape index (κ3) is 3.69. The molecule has 0 radical (unpaired) electrons. The molecule has 0 saturated heterocycles. The number of carbonyl (C=O) groups is 1. The minimum absolute atomic E-state index is 0.194. The molecule has 0 N–H and O–H groups in total. The Morgan fingerprint density at radius 1 is 1.05 bits per heavy atom. The smallest absolute Gasteiger partial charge is 0.185 e. The molecule has 2 rings (SSSR count). The first kappa shape index (κ1) is 14.8. The van der Waals surface area contributed by atoms with Crippen molar-refractivity contribution in [2.24, 2.45) is 0 Å². The maximum Gasteiger partial charge on any atom is 0.185 e. The van der Waals surface area contributed by atoms with Crippen molar-refractivity contribution >= 4 is 11.9 Å². The Hall–Kier alpha value is -2.62. The van der Waals surface area contributed by atoms with E-state index in [1.807, 2.05) is 0 Å². The molecule has 0 aromatic heterocycles. The summed E-state index contributed by atoms with van der Waals surface area (Å²) in [6, 6.07) is 11.0. The lowest BCUT2D eigenvalue weighted by Crippen LogP contribution is -1.97. The van der Waals surface area contributed by atoms with Crippen molar-refractivity contribution in [2.75, 3.05) is 14.2 Å². The molecule has 0 fully saturated rings. The van der Waals surface area contributed by atoms with Crippen molar-refractivity contribution < 1.29 is 18.7 Å². The lowest BCUT2D eigenvalue weighted by molar-refractivity contribution is 0.104. The van der Waals surface area contributed by atoms with Gasteiger partial charge in [0.15, 0.2) is 17.3 Å². The number of allylic oxidation sites excluding steroid dienone is 1. The van der Waals surface area contributed by atoms with Crippen molar-refractivity contribution in [3.05, 3.63) is 65.5 Å². The molecule has 0 saturated carbocycles. The number of ether oxygens (including phenoxy) is 2. The van der Waals surface area contributed by atoms with Crippen LogP contribution >= 0.6 is 0 Å². The first-order valence-electron chi connectivity index (χ1n) is 6.34. The van der Waals surface area contributed by atoms with Crippen LogP contribution in [0.3, 0.4) is 0 Å². The summed E-state index contributed by atoms with van der Waals surface area (Å²) < 4.78 is 23.3. The van der Waals surface area contributed by atoms with Crippen LogP contribution in [-0.4, -0.2) is 20.0 Å². The fourth-order valence-corrected chi connectivity index (χ4v) is 1.87. The Morgan fingerprint density at radius 2 is 1.81 bits per heavy atom. The molecule has 0 amide bonds. The lowest BCUT2D eigenvalue weighted by atomic mass is 10.1. The molecule has 0 spiro atoms. The minimum atomic E-state index is -0.337. The van der Waals surface area contributed by atoms with E-state index in [4.69, 9.17) is 9.47 Å². The molecular formula is C17H15FO3. The number of hydrogen-bond acceptors (Lipinski definition) is 3. The summed E-state index contributed by atoms with van der Waals surface area (Å²) >= 11 is 0. The number of halogens is 1. The molecule has 2 aromatic rings. The van der Waals surface area contributed by atoms with Gasteiger partial charge in [-0.25, -0.2) is 4.39 Å². The minimum Gasteiger partial charge on any atom is -0.493 e. The maximum absolute atomic E-state index is 13.0. The highest BCUT2D eigenvalue weighted by atomic mass is 19.1. The van der Waals surface area contributed by atoms with Gasteiger partial charge in [-0.1, -0.05) is 18.2 Å². The average Bonchev–Trinajstić information content (AvgIpc) is 2.52. The molecule has 108 valence electrons. The van der Waals surface area contributed by atoms with E-state index in [0.29, 0.717) is 22.6 Å². The first-order valence-corrected chi connectivity index (χ1v) is 6.34. The number of ketones is 1. The van der Waals surface area contributed by atoms with Gasteiger partial charge in [-0.05, 0) is 42.0 Å². The summed E-state index contributed by atoms with van der Waals surface area (Å²) in [7, 11) is 3.04. The van der Waals surface area contributed by atoms with E-state index in [-0.39, 0.29) is 11.6 Å². The maximum atomic E-state index is 13.0. The lowest BCUT2D eigenvalue weighted by Gasteiger charge is -2.07. The molecule has 0 aliphatic heterocycles. The van der Waals surface area contributed by atoms with Crippen LogP contribution in [0.5, 0.6) is 11.5 Å². The summed E-state index contributed by atoms with van der Waals surface area (Å²) in [6.07, 6.45) is 2.97. The van der Waals surface area contributed by atoms with Gasteiger partial charge in [0.05, 0.1) is 14.2 Å². The predicted octanol–water partition coefficient (Wildman–Crippen LogP) is 3.74. The fraction of sp³-hybridized carbons (Fsp3) is 0.118. The van der Waals surface area contributed by atoms with Crippen molar-refractivity contribution in [1.82, 2.24) is 0 Å². The van der Waals surface area contributed by atoms with Crippen LogP contribution in [0.15, 0.2) is 48.5 Å². The Balaban J connectivity index is 2.20. The van der Waals surface area contributed by atoms with Gasteiger partial charge in [-0.3, -0.25) is 4.79 Å². The van der Waals surface area contributed by atoms with E-state index < -0.39 is 0 Å². The predicted molar refractivity (Wildman–Crippen MR) is 79.3 cm³/mol. The van der Waals surface area contributed by atoms with Gasteiger partial charge >= 0.3 is 0 Å². The molecule has 0 heterocycles. The van der Waals surface area contributed by atoms with Crippen LogP contribution in [0.1, 0.15) is 15.9 Å². The molecule has 0 aliphatic carbocycles. The van der Waals surface area contributed by atoms with Crippen LogP contribution in [0, 0.1) is 5.82 Å². The van der Waals surface area contributed by atoms with Crippen LogP contribution in [0.2, 0.25) is 0 Å². The topological polar surface area (TPSA) is 35.5 Å². The van der Waals surface area contributed by atoms with E-state index in [9.17, 15) is 9.18 Å². The zero-order valence-corrected chi connectivity index (χ0v) is 11.8. The third-order valence-electron chi connectivity index (χ3n) is 2.94. The van der Waals surface area contributed by atoms with Gasteiger partial charge in [-0.2, -0.15) is 0 Å². The number of benzene rings is 2. The SMILES string of the molecule is COc1ccc(C(=O)C=Cc2cccc(F)c2)cc1OC. The van der Waals surface area contributed by atoms with E-state index in [2.05, 4.69) is 0 Å². The van der Waals surface area contributed by atoms with E-state index >= 15 is 0 Å². The summed E-state index contributed by atoms with van der Waals surface area (Å²) in [4.78, 5) is 12.1. The molecule has 0 bridgehead atoms. The fourth-order valence-electron chi connectivity index (χ4n) is 1.87. The number of rotatable bonds is 5. The summed E-state index contributed by atoms with van der Waals surface area (Å²) in [5.41, 5.74) is 1.10. The second kappa shape index (κ2) is 6.70. The standard InChI is InChI=1S/C17H15FO3/c1-20-16-9-7-13(11-17(16)21-2)15(19)8-6-12-4-3-5-14(18)10-12/h3-11H,1-2H3. The van der Waals surface area contributed by atoms with E-state index in [1.165, 1.54) is 32.4 Å². The molecule has 0 aliphatic rings. The van der Waals surface area contributed by atoms with Crippen molar-refractivity contribution in [1.29, 1.82) is 0 Å². The quantitative estimate of drug-likeness (QED) is 0.620. The third-order valence-corrected chi connectivity index (χ3v) is 2.94. The van der Waals surface area contributed by atoms with E-state index in [0.717, 1.165) is 0 Å². The number of hydrogen-bond donors (Lipinski definition) is 0. The normalized spacial score (nSPS) is 10.6. The monoisotopic (exact) mass is 286 g/mol. The Morgan fingerprint density at radius 3 is 2.48 bits per heavy atom.